The summed E-state index contributed by atoms with van der Waals surface area (Å²) in [5, 5.41) is 14.1. The van der Waals surface area contributed by atoms with E-state index in [-0.39, 0.29) is 12.3 Å². The molecule has 0 bridgehead atoms. The number of nitrogens with zero attached hydrogens (tertiary/aromatic N) is 2. The maximum atomic E-state index is 12.0. The van der Waals surface area contributed by atoms with Crippen LogP contribution in [0.3, 0.4) is 0 Å². The largest absolute Gasteiger partial charge is 0.508 e. The first-order valence-corrected chi connectivity index (χ1v) is 7.53. The van der Waals surface area contributed by atoms with E-state index in [1.54, 1.807) is 10.8 Å². The molecule has 7 heteroatoms. The molecule has 0 spiro atoms. The van der Waals surface area contributed by atoms with Crippen LogP contribution in [-0.4, -0.2) is 27.7 Å². The average Bonchev–Trinajstić information content (AvgIpc) is 2.93. The Hall–Kier alpha value is -3.61. The number of fused-ring (bicyclic) bond motifs is 1. The minimum absolute atomic E-state index is 0.0637. The van der Waals surface area contributed by atoms with Crippen LogP contribution in [0.2, 0.25) is 0 Å². The smallest absolute Gasteiger partial charge is 0.271 e. The maximum absolute atomic E-state index is 12.0. The third-order valence-corrected chi connectivity index (χ3v) is 3.64. The first kappa shape index (κ1) is 16.3. The molecule has 3 aromatic rings. The number of hydrogen-bond acceptors (Lipinski definition) is 4. The summed E-state index contributed by atoms with van der Waals surface area (Å²) in [4.78, 5) is 23.2. The molecule has 2 aromatic carbocycles. The van der Waals surface area contributed by atoms with Gasteiger partial charge < -0.3 is 15.4 Å². The standard InChI is InChI=1S/C18H16N4O3/c19-17(24)11-22-10-13(15-3-1-2-4-16(15)22)9-20-21-18(25)12-5-7-14(23)8-6-12/h1-10,23H,11H2,(H2,19,24)(H,21,25). The highest BCUT2D eigenvalue weighted by Gasteiger charge is 2.08. The molecule has 0 saturated carbocycles. The fourth-order valence-corrected chi connectivity index (χ4v) is 2.51. The molecule has 7 nitrogen and oxygen atoms in total. The Morgan fingerprint density at radius 3 is 2.60 bits per heavy atom. The predicted molar refractivity (Wildman–Crippen MR) is 94.3 cm³/mol. The third kappa shape index (κ3) is 3.66. The van der Waals surface area contributed by atoms with Crippen molar-refractivity contribution < 1.29 is 14.7 Å². The second-order valence-corrected chi connectivity index (χ2v) is 5.44. The Morgan fingerprint density at radius 2 is 1.88 bits per heavy atom. The van der Waals surface area contributed by atoms with Crippen LogP contribution in [0.4, 0.5) is 0 Å². The van der Waals surface area contributed by atoms with Crippen molar-refractivity contribution in [3.63, 3.8) is 0 Å². The van der Waals surface area contributed by atoms with Gasteiger partial charge in [-0.2, -0.15) is 5.10 Å². The van der Waals surface area contributed by atoms with Crippen LogP contribution in [0.1, 0.15) is 15.9 Å². The molecule has 3 rings (SSSR count). The van der Waals surface area contributed by atoms with Crippen LogP contribution in [0.5, 0.6) is 5.75 Å². The summed E-state index contributed by atoms with van der Waals surface area (Å²) in [5.74, 6) is -0.746. The van der Waals surface area contributed by atoms with Gasteiger partial charge in [0, 0.05) is 28.2 Å². The second kappa shape index (κ2) is 6.88. The van der Waals surface area contributed by atoms with Gasteiger partial charge in [0.15, 0.2) is 0 Å². The number of carbonyl (C=O) groups excluding carboxylic acids is 2. The van der Waals surface area contributed by atoms with E-state index >= 15 is 0 Å². The number of primary amides is 1. The van der Waals surface area contributed by atoms with Gasteiger partial charge in [-0.1, -0.05) is 18.2 Å². The van der Waals surface area contributed by atoms with Gasteiger partial charge in [-0.15, -0.1) is 0 Å². The van der Waals surface area contributed by atoms with E-state index in [2.05, 4.69) is 10.5 Å². The number of nitrogens with one attached hydrogen (secondary N) is 1. The van der Waals surface area contributed by atoms with E-state index in [0.717, 1.165) is 16.5 Å². The van der Waals surface area contributed by atoms with Gasteiger partial charge in [-0.05, 0) is 30.3 Å². The number of aromatic nitrogens is 1. The van der Waals surface area contributed by atoms with Gasteiger partial charge in [0.25, 0.3) is 5.91 Å². The molecule has 0 atom stereocenters. The SMILES string of the molecule is NC(=O)Cn1cc(C=NNC(=O)c2ccc(O)cc2)c2ccccc21. The van der Waals surface area contributed by atoms with Gasteiger partial charge in [0.05, 0.1) is 6.21 Å². The zero-order chi connectivity index (χ0) is 17.8. The van der Waals surface area contributed by atoms with E-state index in [4.69, 9.17) is 5.73 Å². The number of para-hydroxylation sites is 1. The molecule has 2 amide bonds. The lowest BCUT2D eigenvalue weighted by Gasteiger charge is -2.00. The number of benzene rings is 2. The van der Waals surface area contributed by atoms with Gasteiger partial charge in [0.1, 0.15) is 12.3 Å². The van der Waals surface area contributed by atoms with E-state index in [1.807, 2.05) is 24.3 Å². The maximum Gasteiger partial charge on any atom is 0.271 e. The molecule has 4 N–H and O–H groups in total. The predicted octanol–water partition coefficient (Wildman–Crippen LogP) is 1.60. The van der Waals surface area contributed by atoms with E-state index in [1.165, 1.54) is 30.5 Å². The van der Waals surface area contributed by atoms with Gasteiger partial charge >= 0.3 is 0 Å². The fourth-order valence-electron chi connectivity index (χ4n) is 2.51. The molecule has 1 heterocycles. The molecule has 0 aliphatic rings. The quantitative estimate of drug-likeness (QED) is 0.486. The number of nitrogens with two attached hydrogens (primary N) is 1. The highest BCUT2D eigenvalue weighted by Crippen LogP contribution is 2.19. The van der Waals surface area contributed by atoms with Crippen molar-refractivity contribution in [1.29, 1.82) is 0 Å². The lowest BCUT2D eigenvalue weighted by molar-refractivity contribution is -0.118. The minimum Gasteiger partial charge on any atom is -0.508 e. The normalized spacial score (nSPS) is 11.0. The van der Waals surface area contributed by atoms with Crippen molar-refractivity contribution in [1.82, 2.24) is 9.99 Å². The van der Waals surface area contributed by atoms with Crippen molar-refractivity contribution in [3.8, 4) is 5.75 Å². The summed E-state index contributed by atoms with van der Waals surface area (Å²) in [6, 6.07) is 13.4. The van der Waals surface area contributed by atoms with Gasteiger partial charge in [-0.25, -0.2) is 5.43 Å². The monoisotopic (exact) mass is 336 g/mol. The molecule has 1 aromatic heterocycles. The number of hydrogen-bond donors (Lipinski definition) is 3. The Balaban J connectivity index is 1.80. The first-order chi connectivity index (χ1) is 12.0. The number of carbonyl (C=O) groups is 2. The van der Waals surface area contributed by atoms with Crippen molar-refractivity contribution >= 4 is 28.9 Å². The van der Waals surface area contributed by atoms with Crippen molar-refractivity contribution in [2.24, 2.45) is 10.8 Å². The lowest BCUT2D eigenvalue weighted by Crippen LogP contribution is -2.18. The Labute approximate surface area is 143 Å². The fraction of sp³-hybridized carbons (Fsp3) is 0.0556. The van der Waals surface area contributed by atoms with Gasteiger partial charge in [-0.3, -0.25) is 9.59 Å². The van der Waals surface area contributed by atoms with Crippen LogP contribution in [-0.2, 0) is 11.3 Å². The van der Waals surface area contributed by atoms with Crippen LogP contribution in [0.25, 0.3) is 10.9 Å². The molecule has 0 fully saturated rings. The summed E-state index contributed by atoms with van der Waals surface area (Å²) in [6.07, 6.45) is 3.27. The number of phenolic OH excluding ortho intramolecular Hbond substituents is 1. The third-order valence-electron chi connectivity index (χ3n) is 3.64. The van der Waals surface area contributed by atoms with Crippen LogP contribution >= 0.6 is 0 Å². The van der Waals surface area contributed by atoms with Crippen molar-refractivity contribution in [2.45, 2.75) is 6.54 Å². The molecular weight excluding hydrogens is 320 g/mol. The number of aromatic hydroxyl groups is 1. The van der Waals surface area contributed by atoms with Crippen LogP contribution in [0.15, 0.2) is 59.8 Å². The zero-order valence-electron chi connectivity index (χ0n) is 13.2. The highest BCUT2D eigenvalue weighted by molar-refractivity contribution is 6.01. The van der Waals surface area contributed by atoms with Crippen molar-refractivity contribution in [3.05, 3.63) is 65.9 Å². The molecular formula is C18H16N4O3. The summed E-state index contributed by atoms with van der Waals surface area (Å²) in [5.41, 5.74) is 9.69. The molecule has 0 unspecified atom stereocenters. The van der Waals surface area contributed by atoms with Gasteiger partial charge in [0.2, 0.25) is 5.91 Å². The molecule has 0 aliphatic carbocycles. The average molecular weight is 336 g/mol. The topological polar surface area (TPSA) is 110 Å². The summed E-state index contributed by atoms with van der Waals surface area (Å²) in [7, 11) is 0. The molecule has 0 radical (unpaired) electrons. The van der Waals surface area contributed by atoms with E-state index < -0.39 is 11.8 Å². The zero-order valence-corrected chi connectivity index (χ0v) is 13.2. The second-order valence-electron chi connectivity index (χ2n) is 5.44. The number of phenols is 1. The molecule has 0 aliphatic heterocycles. The molecule has 126 valence electrons. The Bertz CT molecular complexity index is 958. The minimum atomic E-state index is -0.440. The highest BCUT2D eigenvalue weighted by atomic mass is 16.3. The number of amides is 2. The first-order valence-electron chi connectivity index (χ1n) is 7.53. The summed E-state index contributed by atoms with van der Waals surface area (Å²) < 4.78 is 1.74. The van der Waals surface area contributed by atoms with Crippen molar-refractivity contribution in [2.75, 3.05) is 0 Å². The lowest BCUT2D eigenvalue weighted by atomic mass is 10.2. The summed E-state index contributed by atoms with van der Waals surface area (Å²) >= 11 is 0. The molecule has 25 heavy (non-hydrogen) atoms. The molecule has 0 saturated heterocycles. The Morgan fingerprint density at radius 1 is 1.16 bits per heavy atom. The summed E-state index contributed by atoms with van der Waals surface area (Å²) in [6.45, 7) is 0.0637. The number of rotatable bonds is 5. The number of hydrazone groups is 1. The van der Waals surface area contributed by atoms with E-state index in [0.29, 0.717) is 5.56 Å². The van der Waals surface area contributed by atoms with Crippen LogP contribution in [0, 0.1) is 0 Å². The van der Waals surface area contributed by atoms with Crippen LogP contribution < -0.4 is 11.2 Å². The Kier molecular flexibility index (Phi) is 4.47. The van der Waals surface area contributed by atoms with E-state index in [9.17, 15) is 14.7 Å².